The molecule has 1 atom stereocenters. The number of aliphatic hydroxyl groups excluding tert-OH is 1. The second kappa shape index (κ2) is 7.14. The highest BCUT2D eigenvalue weighted by atomic mass is 16.3. The van der Waals surface area contributed by atoms with Gasteiger partial charge in [-0.3, -0.25) is 4.79 Å². The van der Waals surface area contributed by atoms with Gasteiger partial charge in [0, 0.05) is 42.1 Å². The van der Waals surface area contributed by atoms with Crippen LogP contribution in [0.1, 0.15) is 23.2 Å². The summed E-state index contributed by atoms with van der Waals surface area (Å²) < 4.78 is 1.98. The van der Waals surface area contributed by atoms with Gasteiger partial charge in [-0.05, 0) is 49.2 Å². The molecule has 4 aromatic rings. The molecule has 1 aromatic carbocycles. The second-order valence-corrected chi connectivity index (χ2v) is 7.25. The van der Waals surface area contributed by atoms with Gasteiger partial charge in [-0.1, -0.05) is 0 Å². The number of carbonyl (C=O) groups is 1. The maximum atomic E-state index is 12.8. The predicted molar refractivity (Wildman–Crippen MR) is 108 cm³/mol. The van der Waals surface area contributed by atoms with E-state index in [-0.39, 0.29) is 5.91 Å². The normalized spacial score (nSPS) is 17.0. The summed E-state index contributed by atoms with van der Waals surface area (Å²) in [5.74, 6) is 0.639. The van der Waals surface area contributed by atoms with Crippen molar-refractivity contribution >= 4 is 16.9 Å². The number of benzene rings is 1. The van der Waals surface area contributed by atoms with Gasteiger partial charge in [0.25, 0.3) is 5.91 Å². The number of hydrogen-bond donors (Lipinski definition) is 2. The molecular formula is C21H20N6O2. The van der Waals surface area contributed by atoms with Gasteiger partial charge in [0.15, 0.2) is 5.82 Å². The van der Waals surface area contributed by atoms with E-state index in [9.17, 15) is 9.90 Å². The Morgan fingerprint density at radius 2 is 2.07 bits per heavy atom. The first-order chi connectivity index (χ1) is 14.2. The molecule has 1 aliphatic rings. The number of amides is 1. The van der Waals surface area contributed by atoms with Crippen LogP contribution in [0.3, 0.4) is 0 Å². The first-order valence-electron chi connectivity index (χ1n) is 9.60. The highest BCUT2D eigenvalue weighted by Gasteiger charge is 2.23. The molecule has 1 fully saturated rings. The minimum Gasteiger partial charge on any atom is -0.391 e. The number of nitrogens with zero attached hydrogens (tertiary/aromatic N) is 5. The molecule has 8 nitrogen and oxygen atoms in total. The fraction of sp³-hybridized carbons (Fsp3) is 0.238. The molecule has 0 unspecified atom stereocenters. The van der Waals surface area contributed by atoms with Crippen LogP contribution in [0.5, 0.6) is 0 Å². The van der Waals surface area contributed by atoms with Crippen molar-refractivity contribution in [3.05, 3.63) is 60.7 Å². The molecule has 146 valence electrons. The second-order valence-electron chi connectivity index (χ2n) is 7.25. The van der Waals surface area contributed by atoms with Crippen molar-refractivity contribution in [3.8, 4) is 17.1 Å². The number of pyridine rings is 1. The molecule has 2 N–H and O–H groups in total. The van der Waals surface area contributed by atoms with Crippen LogP contribution in [0.25, 0.3) is 28.1 Å². The summed E-state index contributed by atoms with van der Waals surface area (Å²) >= 11 is 0. The van der Waals surface area contributed by atoms with Crippen molar-refractivity contribution in [2.24, 2.45) is 0 Å². The van der Waals surface area contributed by atoms with E-state index in [1.807, 2.05) is 47.2 Å². The molecule has 0 saturated carbocycles. The Morgan fingerprint density at radius 1 is 1.21 bits per heavy atom. The fourth-order valence-corrected chi connectivity index (χ4v) is 3.80. The summed E-state index contributed by atoms with van der Waals surface area (Å²) in [5, 5.41) is 18.6. The third-order valence-corrected chi connectivity index (χ3v) is 5.29. The van der Waals surface area contributed by atoms with Gasteiger partial charge < -0.3 is 19.6 Å². The Labute approximate surface area is 166 Å². The number of rotatable bonds is 3. The molecule has 8 heteroatoms. The molecule has 1 saturated heterocycles. The monoisotopic (exact) mass is 388 g/mol. The number of aromatic nitrogens is 5. The van der Waals surface area contributed by atoms with Crippen molar-refractivity contribution in [2.45, 2.75) is 18.9 Å². The average molecular weight is 388 g/mol. The van der Waals surface area contributed by atoms with Gasteiger partial charge in [0.1, 0.15) is 12.0 Å². The first-order valence-corrected chi connectivity index (χ1v) is 9.60. The number of β-amino-alcohol motifs (C(OH)–C–C–N with tert-alkyl or cyclic N) is 1. The van der Waals surface area contributed by atoms with Crippen LogP contribution >= 0.6 is 0 Å². The largest absolute Gasteiger partial charge is 0.391 e. The number of piperidine rings is 1. The van der Waals surface area contributed by atoms with Crippen LogP contribution in [0.2, 0.25) is 0 Å². The number of nitrogens with one attached hydrogen (secondary N) is 1. The molecule has 0 aliphatic carbocycles. The van der Waals surface area contributed by atoms with Crippen molar-refractivity contribution in [1.82, 2.24) is 29.6 Å². The first kappa shape index (κ1) is 17.6. The molecule has 0 bridgehead atoms. The van der Waals surface area contributed by atoms with Crippen molar-refractivity contribution in [3.63, 3.8) is 0 Å². The van der Waals surface area contributed by atoms with E-state index in [0.29, 0.717) is 18.7 Å². The lowest BCUT2D eigenvalue weighted by molar-refractivity contribution is 0.0473. The minimum atomic E-state index is -0.439. The van der Waals surface area contributed by atoms with E-state index in [1.165, 1.54) is 0 Å². The zero-order valence-corrected chi connectivity index (χ0v) is 15.7. The Bertz CT molecular complexity index is 1150. The average Bonchev–Trinajstić information content (AvgIpc) is 3.43. The zero-order valence-electron chi connectivity index (χ0n) is 15.7. The van der Waals surface area contributed by atoms with Crippen LogP contribution in [-0.2, 0) is 0 Å². The molecule has 4 heterocycles. The van der Waals surface area contributed by atoms with Gasteiger partial charge in [-0.15, -0.1) is 10.2 Å². The maximum Gasteiger partial charge on any atom is 0.255 e. The number of carbonyl (C=O) groups excluding carboxylic acids is 1. The Balaban J connectivity index is 1.43. The number of hydrogen-bond acceptors (Lipinski definition) is 5. The van der Waals surface area contributed by atoms with E-state index in [0.717, 1.165) is 41.0 Å². The SMILES string of the molecule is O=C(c1cnc2c(ccn2-c2ccc(-c3nnc[nH]3)cc2)c1)N1CCC[C@H](O)C1. The topological polar surface area (TPSA) is 99.9 Å². The lowest BCUT2D eigenvalue weighted by atomic mass is 10.1. The van der Waals surface area contributed by atoms with Crippen LogP contribution in [0, 0.1) is 0 Å². The van der Waals surface area contributed by atoms with Crippen LogP contribution in [0.4, 0.5) is 0 Å². The Kier molecular flexibility index (Phi) is 4.33. The summed E-state index contributed by atoms with van der Waals surface area (Å²) in [4.78, 5) is 22.0. The van der Waals surface area contributed by atoms with E-state index in [1.54, 1.807) is 17.4 Å². The highest BCUT2D eigenvalue weighted by molar-refractivity contribution is 5.97. The molecule has 0 spiro atoms. The van der Waals surface area contributed by atoms with E-state index >= 15 is 0 Å². The lowest BCUT2D eigenvalue weighted by Gasteiger charge is -2.30. The number of fused-ring (bicyclic) bond motifs is 1. The molecule has 3 aromatic heterocycles. The van der Waals surface area contributed by atoms with Crippen molar-refractivity contribution in [1.29, 1.82) is 0 Å². The van der Waals surface area contributed by atoms with Crippen molar-refractivity contribution < 1.29 is 9.90 Å². The maximum absolute atomic E-state index is 12.8. The van der Waals surface area contributed by atoms with Gasteiger partial charge in [-0.2, -0.15) is 0 Å². The van der Waals surface area contributed by atoms with Gasteiger partial charge in [-0.25, -0.2) is 4.98 Å². The van der Waals surface area contributed by atoms with E-state index in [4.69, 9.17) is 0 Å². The molecular weight excluding hydrogens is 368 g/mol. The minimum absolute atomic E-state index is 0.0812. The number of aromatic amines is 1. The summed E-state index contributed by atoms with van der Waals surface area (Å²) in [6.45, 7) is 1.06. The van der Waals surface area contributed by atoms with Gasteiger partial charge >= 0.3 is 0 Å². The highest BCUT2D eigenvalue weighted by Crippen LogP contribution is 2.23. The molecule has 1 amide bonds. The molecule has 5 rings (SSSR count). The number of H-pyrrole nitrogens is 1. The summed E-state index contributed by atoms with van der Waals surface area (Å²) in [6, 6.07) is 11.8. The van der Waals surface area contributed by atoms with Crippen LogP contribution in [-0.4, -0.2) is 59.8 Å². The molecule has 1 aliphatic heterocycles. The van der Waals surface area contributed by atoms with Crippen LogP contribution < -0.4 is 0 Å². The quantitative estimate of drug-likeness (QED) is 0.561. The van der Waals surface area contributed by atoms with Crippen molar-refractivity contribution in [2.75, 3.05) is 13.1 Å². The smallest absolute Gasteiger partial charge is 0.255 e. The Morgan fingerprint density at radius 3 is 2.83 bits per heavy atom. The number of likely N-dealkylation sites (tertiary alicyclic amines) is 1. The molecule has 0 radical (unpaired) electrons. The third kappa shape index (κ3) is 3.27. The summed E-state index contributed by atoms with van der Waals surface area (Å²) in [7, 11) is 0. The molecule has 29 heavy (non-hydrogen) atoms. The van der Waals surface area contributed by atoms with E-state index < -0.39 is 6.10 Å². The number of aliphatic hydroxyl groups is 1. The lowest BCUT2D eigenvalue weighted by Crippen LogP contribution is -2.42. The fourth-order valence-electron chi connectivity index (χ4n) is 3.80. The predicted octanol–water partition coefficient (Wildman–Crippen LogP) is 2.41. The Hall–Kier alpha value is -3.52. The van der Waals surface area contributed by atoms with Gasteiger partial charge in [0.2, 0.25) is 0 Å². The standard InChI is InChI=1S/C21H20N6O2/c28-18-2-1-8-26(12-18)21(29)16-10-15-7-9-27(20(15)22-11-16)17-5-3-14(4-6-17)19-23-13-24-25-19/h3-7,9-11,13,18,28H,1-2,8,12H2,(H,23,24,25)/t18-/m0/s1. The van der Waals surface area contributed by atoms with Crippen LogP contribution in [0.15, 0.2) is 55.1 Å². The van der Waals surface area contributed by atoms with E-state index in [2.05, 4.69) is 20.2 Å². The third-order valence-electron chi connectivity index (χ3n) is 5.29. The van der Waals surface area contributed by atoms with Gasteiger partial charge in [0.05, 0.1) is 11.7 Å². The zero-order chi connectivity index (χ0) is 19.8. The summed E-state index contributed by atoms with van der Waals surface area (Å²) in [6.07, 6.45) is 6.24. The summed E-state index contributed by atoms with van der Waals surface area (Å²) in [5.41, 5.74) is 3.25.